The molecule has 0 amide bonds. The summed E-state index contributed by atoms with van der Waals surface area (Å²) in [4.78, 5) is 8.24. The van der Waals surface area contributed by atoms with Crippen molar-refractivity contribution in [2.75, 3.05) is 6.67 Å². The van der Waals surface area contributed by atoms with Crippen LogP contribution in [0.15, 0.2) is 12.4 Å². The maximum Gasteiger partial charge on any atom is 0 e. The van der Waals surface area contributed by atoms with Crippen LogP contribution in [-0.2, 0) is 24.3 Å². The van der Waals surface area contributed by atoms with Crippen molar-refractivity contribution in [2.24, 2.45) is 0 Å². The minimum Gasteiger partial charge on any atom is -0.707 e. The minimum absolute atomic E-state index is 0. The molecule has 0 atom stereocenters. The van der Waals surface area contributed by atoms with Gasteiger partial charge in [-0.1, -0.05) is 6.47 Å². The second-order valence-corrected chi connectivity index (χ2v) is 0.896. The van der Waals surface area contributed by atoms with E-state index in [9.17, 15) is 0 Å². The number of nitrogens with zero attached hydrogens (tertiary/aromatic N) is 2. The van der Waals surface area contributed by atoms with E-state index in [1.165, 1.54) is 0 Å². The molecule has 1 rings (SSSR count). The summed E-state index contributed by atoms with van der Waals surface area (Å²) >= 11 is 0. The van der Waals surface area contributed by atoms with Crippen LogP contribution in [0.5, 0.6) is 0 Å². The Bertz CT molecular complexity index is 80.6. The Morgan fingerprint density at radius 1 is 1.44 bits per heavy atom. The van der Waals surface area contributed by atoms with Crippen molar-refractivity contribution >= 4 is 6.47 Å². The first-order valence-corrected chi connectivity index (χ1v) is 1.91. The first-order valence-electron chi connectivity index (χ1n) is 1.91. The van der Waals surface area contributed by atoms with Crippen LogP contribution in [0, 0.1) is 0 Å². The van der Waals surface area contributed by atoms with Gasteiger partial charge < -0.3 is 20.5 Å². The van der Waals surface area contributed by atoms with Gasteiger partial charge in [-0.05, 0) is 0 Å². The molecule has 0 bridgehead atoms. The quantitative estimate of drug-likeness (QED) is 0.440. The summed E-state index contributed by atoms with van der Waals surface area (Å²) in [5, 5.41) is 14.2. The Hall–Kier alpha value is -0.567. The largest absolute Gasteiger partial charge is 0.707 e. The summed E-state index contributed by atoms with van der Waals surface area (Å²) in [6, 6.07) is 0. The van der Waals surface area contributed by atoms with Gasteiger partial charge in [-0.3, -0.25) is 0 Å². The van der Waals surface area contributed by atoms with Crippen molar-refractivity contribution in [3.63, 3.8) is 0 Å². The van der Waals surface area contributed by atoms with Crippen LogP contribution in [0.2, 0.25) is 0 Å². The van der Waals surface area contributed by atoms with Gasteiger partial charge in [0.15, 0.2) is 0 Å². The molecule has 0 unspecified atom stereocenters. The predicted molar refractivity (Wildman–Crippen MR) is 29.0 cm³/mol. The molecular weight excluding hydrogens is 173 g/mol. The Balaban J connectivity index is 0. The molecule has 48 valence electrons. The molecule has 0 aliphatic carbocycles. The molecule has 1 N–H and O–H groups in total. The molecule has 4 nitrogen and oxygen atoms in total. The first-order chi connectivity index (χ1) is 3.91. The van der Waals surface area contributed by atoms with Crippen molar-refractivity contribution < 1.29 is 29.4 Å². The molecular formula is C4H5N2O2Zn-3. The molecule has 1 heterocycles. The van der Waals surface area contributed by atoms with Gasteiger partial charge in [0.25, 0.3) is 0 Å². The van der Waals surface area contributed by atoms with Crippen LogP contribution in [0.3, 0.4) is 0 Å². The van der Waals surface area contributed by atoms with Gasteiger partial charge in [0.1, 0.15) is 0 Å². The molecule has 0 aromatic carbocycles. The maximum absolute atomic E-state index is 8.24. The summed E-state index contributed by atoms with van der Waals surface area (Å²) in [6.07, 6.45) is 3.39. The van der Waals surface area contributed by atoms with Crippen LogP contribution in [0.1, 0.15) is 0 Å². The third-order valence-corrected chi connectivity index (χ3v) is 0.441. The second kappa shape index (κ2) is 10.4. The van der Waals surface area contributed by atoms with Gasteiger partial charge in [-0.25, -0.2) is 19.1 Å². The molecule has 0 saturated carbocycles. The summed E-state index contributed by atoms with van der Waals surface area (Å²) in [6.45, 7) is 1.14. The number of rotatable bonds is 0. The molecule has 1 aliphatic heterocycles. The average molecular weight is 178 g/mol. The molecule has 0 radical (unpaired) electrons. The van der Waals surface area contributed by atoms with Gasteiger partial charge in [0.05, 0.1) is 0 Å². The number of hydrogen-bond donors (Lipinski definition) is 1. The van der Waals surface area contributed by atoms with E-state index in [0.717, 1.165) is 0 Å². The van der Waals surface area contributed by atoms with E-state index in [0.29, 0.717) is 13.1 Å². The summed E-state index contributed by atoms with van der Waals surface area (Å²) in [5.41, 5.74) is 0. The molecule has 0 spiro atoms. The maximum atomic E-state index is 8.24. The third-order valence-electron chi connectivity index (χ3n) is 0.441. The summed E-state index contributed by atoms with van der Waals surface area (Å²) in [5.74, 6) is 0. The predicted octanol–water partition coefficient (Wildman–Crippen LogP) is 0.785. The first kappa shape index (κ1) is 11.3. The van der Waals surface area contributed by atoms with E-state index < -0.39 is 0 Å². The normalized spacial score (nSPS) is 11.1. The molecule has 0 fully saturated rings. The molecule has 9 heavy (non-hydrogen) atoms. The van der Waals surface area contributed by atoms with Gasteiger partial charge in [0.2, 0.25) is 0 Å². The fraction of sp³-hybridized carbons (Fsp3) is 0.250. The van der Waals surface area contributed by atoms with Gasteiger partial charge in [-0.2, -0.15) is 0 Å². The van der Waals surface area contributed by atoms with Crippen molar-refractivity contribution in [3.8, 4) is 0 Å². The van der Waals surface area contributed by atoms with Gasteiger partial charge in [-0.15, -0.1) is 0 Å². The molecule has 1 aliphatic rings. The van der Waals surface area contributed by atoms with E-state index in [1.54, 1.807) is 12.4 Å². The van der Waals surface area contributed by atoms with Crippen molar-refractivity contribution in [1.29, 1.82) is 0 Å². The SMILES string of the molecule is C1=C[N-]C[N-]1.O=[C-]O.[Zn]. The zero-order chi connectivity index (χ0) is 6.24. The van der Waals surface area contributed by atoms with Crippen LogP contribution in [0.4, 0.5) is 0 Å². The van der Waals surface area contributed by atoms with E-state index in [2.05, 4.69) is 10.6 Å². The Morgan fingerprint density at radius 3 is 1.89 bits per heavy atom. The van der Waals surface area contributed by atoms with Crippen molar-refractivity contribution in [2.45, 2.75) is 0 Å². The summed E-state index contributed by atoms with van der Waals surface area (Å²) in [7, 11) is 0. The number of aliphatic hydroxyl groups excluding tert-OH is 1. The molecule has 0 saturated heterocycles. The smallest absolute Gasteiger partial charge is 0 e. The standard InChI is InChI=1S/C3H4N2.CHO2.Zn/c1-2-5-3-4-1;2-1-3;/h1-2H,3H2;(H,2,3);/q-2;-1;. The molecule has 0 aromatic rings. The van der Waals surface area contributed by atoms with E-state index in [-0.39, 0.29) is 19.5 Å². The zero-order valence-corrected chi connectivity index (χ0v) is 7.79. The Labute approximate surface area is 66.1 Å². The average Bonchev–Trinajstić information content (AvgIpc) is 2.17. The zero-order valence-electron chi connectivity index (χ0n) is 4.82. The fourth-order valence-corrected chi connectivity index (χ4v) is 0.236. The minimum atomic E-state index is 0. The van der Waals surface area contributed by atoms with E-state index >= 15 is 0 Å². The summed E-state index contributed by atoms with van der Waals surface area (Å²) < 4.78 is 0. The van der Waals surface area contributed by atoms with Crippen LogP contribution >= 0.6 is 0 Å². The topological polar surface area (TPSA) is 65.5 Å². The van der Waals surface area contributed by atoms with E-state index in [4.69, 9.17) is 9.90 Å². The van der Waals surface area contributed by atoms with Crippen LogP contribution in [-0.4, -0.2) is 18.2 Å². The molecule has 0 aromatic heterocycles. The number of hydrogen-bond acceptors (Lipinski definition) is 1. The Morgan fingerprint density at radius 2 is 1.78 bits per heavy atom. The monoisotopic (exact) mass is 177 g/mol. The second-order valence-electron chi connectivity index (χ2n) is 0.896. The van der Waals surface area contributed by atoms with Crippen LogP contribution in [0.25, 0.3) is 10.6 Å². The third kappa shape index (κ3) is 11.2. The van der Waals surface area contributed by atoms with E-state index in [1.807, 2.05) is 0 Å². The van der Waals surface area contributed by atoms with Crippen LogP contribution < -0.4 is 0 Å². The van der Waals surface area contributed by atoms with Gasteiger partial charge in [0, 0.05) is 19.5 Å². The fourth-order valence-electron chi connectivity index (χ4n) is 0.236. The molecule has 5 heteroatoms. The van der Waals surface area contributed by atoms with Crippen molar-refractivity contribution in [1.82, 2.24) is 0 Å². The van der Waals surface area contributed by atoms with Gasteiger partial charge >= 0.3 is 0 Å². The van der Waals surface area contributed by atoms with Crippen molar-refractivity contribution in [3.05, 3.63) is 23.0 Å². The Kier molecular flexibility index (Phi) is 13.0.